The molecule has 0 saturated carbocycles. The van der Waals surface area contributed by atoms with E-state index in [1.54, 1.807) is 11.3 Å². The number of thiazole rings is 1. The van der Waals surface area contributed by atoms with E-state index < -0.39 is 0 Å². The number of nitrogens with zero attached hydrogens (tertiary/aromatic N) is 1. The molecule has 4 rings (SSSR count). The van der Waals surface area contributed by atoms with Gasteiger partial charge in [0.05, 0.1) is 0 Å². The highest BCUT2D eigenvalue weighted by molar-refractivity contribution is 7.94. The fourth-order valence-corrected chi connectivity index (χ4v) is 4.44. The van der Waals surface area contributed by atoms with Gasteiger partial charge in [0.2, 0.25) is 10.5 Å². The summed E-state index contributed by atoms with van der Waals surface area (Å²) in [7, 11) is 0. The number of aryl methyl sites for hydroxylation is 2. The molecule has 0 radical (unpaired) electrons. The molecular formula is C17H15NO4S2. The highest BCUT2D eigenvalue weighted by Gasteiger charge is 2.19. The van der Waals surface area contributed by atoms with Crippen molar-refractivity contribution in [2.45, 2.75) is 19.9 Å². The number of hydrogen-bond acceptors (Lipinski definition) is 6. The maximum absolute atomic E-state index is 9.80. The maximum atomic E-state index is 9.80. The monoisotopic (exact) mass is 361 g/mol. The molecule has 0 saturated heterocycles. The van der Waals surface area contributed by atoms with Crippen molar-refractivity contribution in [2.24, 2.45) is 0 Å². The van der Waals surface area contributed by atoms with Gasteiger partial charge in [-0.25, -0.2) is 0 Å². The molecular weight excluding hydrogens is 346 g/mol. The van der Waals surface area contributed by atoms with E-state index in [-0.39, 0.29) is 0 Å². The van der Waals surface area contributed by atoms with Gasteiger partial charge in [0.1, 0.15) is 15.9 Å². The Labute approximate surface area is 146 Å². The molecule has 0 aliphatic carbocycles. The molecule has 7 heteroatoms. The van der Waals surface area contributed by atoms with Gasteiger partial charge in [0.25, 0.3) is 0 Å². The summed E-state index contributed by atoms with van der Waals surface area (Å²) in [5, 5.41) is 16.7. The Morgan fingerprint density at radius 3 is 2.96 bits per heavy atom. The summed E-state index contributed by atoms with van der Waals surface area (Å²) >= 11 is 2.79. The van der Waals surface area contributed by atoms with Crippen LogP contribution in [0.25, 0.3) is 32.2 Å². The van der Waals surface area contributed by atoms with Crippen molar-refractivity contribution in [1.82, 2.24) is 0 Å². The Kier molecular flexibility index (Phi) is 4.43. The summed E-state index contributed by atoms with van der Waals surface area (Å²) in [6.07, 6.45) is 0.884. The smallest absolute Gasteiger partial charge is 0.235 e. The molecule has 5 nitrogen and oxygen atoms in total. The van der Waals surface area contributed by atoms with Crippen molar-refractivity contribution in [1.29, 1.82) is 0 Å². The molecule has 2 heterocycles. The van der Waals surface area contributed by atoms with Gasteiger partial charge in [0.15, 0.2) is 6.54 Å². The van der Waals surface area contributed by atoms with Crippen LogP contribution in [-0.4, -0.2) is 5.75 Å². The molecule has 124 valence electrons. The third-order valence-electron chi connectivity index (χ3n) is 4.07. The highest BCUT2D eigenvalue weighted by Crippen LogP contribution is 2.33. The van der Waals surface area contributed by atoms with Gasteiger partial charge in [-0.05, 0) is 6.07 Å². The molecule has 0 atom stereocenters. The molecule has 2 aromatic heterocycles. The summed E-state index contributed by atoms with van der Waals surface area (Å²) < 4.78 is 13.8. The van der Waals surface area contributed by atoms with Crippen molar-refractivity contribution >= 4 is 55.5 Å². The van der Waals surface area contributed by atoms with Gasteiger partial charge in [-0.3, -0.25) is 5.04 Å². The summed E-state index contributed by atoms with van der Waals surface area (Å²) in [4.78, 5) is 0. The number of benzene rings is 2. The number of rotatable bonds is 6. The number of aromatic nitrogens is 1. The minimum Gasteiger partial charge on any atom is -0.691 e. The predicted octanol–water partition coefficient (Wildman–Crippen LogP) is 3.66. The first-order valence-electron chi connectivity index (χ1n) is 7.60. The molecule has 0 spiro atoms. The maximum Gasteiger partial charge on any atom is 0.235 e. The SMILES string of the molecule is Cc1sc2cc3oc4ccccc4c3cc2[n+]1CCCSOO[O-]. The Morgan fingerprint density at radius 2 is 2.08 bits per heavy atom. The molecule has 2 aromatic carbocycles. The molecule has 24 heavy (non-hydrogen) atoms. The normalized spacial score (nSPS) is 11.9. The van der Waals surface area contributed by atoms with Crippen molar-refractivity contribution in [3.05, 3.63) is 41.4 Å². The quantitative estimate of drug-likeness (QED) is 0.172. The van der Waals surface area contributed by atoms with Crippen LogP contribution in [-0.2, 0) is 15.9 Å². The zero-order valence-corrected chi connectivity index (χ0v) is 14.6. The van der Waals surface area contributed by atoms with E-state index in [0.717, 1.165) is 46.9 Å². The van der Waals surface area contributed by atoms with Gasteiger partial charge >= 0.3 is 0 Å². The number of fused-ring (bicyclic) bond motifs is 4. The van der Waals surface area contributed by atoms with Crippen LogP contribution < -0.4 is 9.82 Å². The van der Waals surface area contributed by atoms with Crippen molar-refractivity contribution in [3.63, 3.8) is 0 Å². The Balaban J connectivity index is 1.73. The number of furan rings is 1. The van der Waals surface area contributed by atoms with Gasteiger partial charge in [-0.1, -0.05) is 29.5 Å². The van der Waals surface area contributed by atoms with Crippen molar-refractivity contribution in [3.8, 4) is 0 Å². The Bertz CT molecular complexity index is 1010. The zero-order valence-electron chi connectivity index (χ0n) is 13.0. The van der Waals surface area contributed by atoms with Crippen LogP contribution in [0, 0.1) is 6.92 Å². The number of hydrogen-bond donors (Lipinski definition) is 0. The van der Waals surface area contributed by atoms with E-state index in [0.29, 0.717) is 5.75 Å². The van der Waals surface area contributed by atoms with E-state index in [2.05, 4.69) is 39.1 Å². The molecule has 4 aromatic rings. The molecule has 0 fully saturated rings. The zero-order chi connectivity index (χ0) is 16.5. The van der Waals surface area contributed by atoms with Gasteiger partial charge in [-0.2, -0.15) is 8.90 Å². The summed E-state index contributed by atoms with van der Waals surface area (Å²) in [6.45, 7) is 2.98. The van der Waals surface area contributed by atoms with E-state index in [4.69, 9.17) is 4.42 Å². The molecule has 0 bridgehead atoms. The lowest BCUT2D eigenvalue weighted by Gasteiger charge is -2.02. The van der Waals surface area contributed by atoms with Crippen LogP contribution in [0.5, 0.6) is 0 Å². The molecule has 0 aliphatic rings. The van der Waals surface area contributed by atoms with E-state index in [9.17, 15) is 5.26 Å². The Morgan fingerprint density at radius 1 is 1.21 bits per heavy atom. The first-order chi connectivity index (χ1) is 11.8. The van der Waals surface area contributed by atoms with Crippen molar-refractivity contribution in [2.75, 3.05) is 5.75 Å². The van der Waals surface area contributed by atoms with Crippen molar-refractivity contribution < 1.29 is 23.6 Å². The average molecular weight is 361 g/mol. The second-order valence-corrected chi connectivity index (χ2v) is 7.51. The summed E-state index contributed by atoms with van der Waals surface area (Å²) in [6, 6.07) is 12.4. The van der Waals surface area contributed by atoms with Gasteiger partial charge in [0, 0.05) is 54.0 Å². The van der Waals surface area contributed by atoms with Gasteiger partial charge in [-0.15, -0.1) is 0 Å². The second kappa shape index (κ2) is 6.70. The average Bonchev–Trinajstić information content (AvgIpc) is 3.09. The second-order valence-electron chi connectivity index (χ2n) is 5.50. The summed E-state index contributed by atoms with van der Waals surface area (Å²) in [5.41, 5.74) is 3.05. The fourth-order valence-electron chi connectivity index (χ4n) is 3.03. The highest BCUT2D eigenvalue weighted by atomic mass is 32.2. The third kappa shape index (κ3) is 2.78. The third-order valence-corrected chi connectivity index (χ3v) is 5.74. The largest absolute Gasteiger partial charge is 0.691 e. The molecule has 0 amide bonds. The summed E-state index contributed by atoms with van der Waals surface area (Å²) in [5.74, 6) is 0.697. The first-order valence-corrected chi connectivity index (χ1v) is 9.33. The fraction of sp³-hybridized carbons (Fsp3) is 0.235. The Hall–Kier alpha value is -1.64. The van der Waals surface area contributed by atoms with Crippen LogP contribution in [0.2, 0.25) is 0 Å². The number of para-hydroxylation sites is 1. The first kappa shape index (κ1) is 15.9. The molecule has 0 unspecified atom stereocenters. The lowest BCUT2D eigenvalue weighted by atomic mass is 10.1. The minimum atomic E-state index is 0.697. The van der Waals surface area contributed by atoms with Crippen LogP contribution in [0.3, 0.4) is 0 Å². The van der Waals surface area contributed by atoms with Gasteiger partial charge < -0.3 is 9.67 Å². The predicted molar refractivity (Wildman–Crippen MR) is 93.3 cm³/mol. The standard InChI is InChI=1S/C17H15NO4S2/c1-11-18(7-4-8-23-22-21-19)14-9-13-12-5-2-3-6-15(12)20-16(13)10-17(14)24-11/h2-3,5-6,9-10H,4,7-8H2,1H3. The van der Waals surface area contributed by atoms with Crippen LogP contribution >= 0.6 is 23.4 Å². The van der Waals surface area contributed by atoms with Crippen LogP contribution in [0.1, 0.15) is 11.4 Å². The lowest BCUT2D eigenvalue weighted by Crippen LogP contribution is -2.35. The topological polar surface area (TPSA) is 58.5 Å². The van der Waals surface area contributed by atoms with E-state index in [1.807, 2.05) is 18.2 Å². The lowest BCUT2D eigenvalue weighted by molar-refractivity contribution is -0.777. The van der Waals surface area contributed by atoms with E-state index in [1.165, 1.54) is 15.2 Å². The van der Waals surface area contributed by atoms with E-state index >= 15 is 0 Å². The van der Waals surface area contributed by atoms with Crippen LogP contribution in [0.15, 0.2) is 40.8 Å². The van der Waals surface area contributed by atoms with Crippen LogP contribution in [0.4, 0.5) is 0 Å². The molecule has 0 N–H and O–H groups in total. The minimum absolute atomic E-state index is 0.697. The molecule has 0 aliphatic heterocycles.